The van der Waals surface area contributed by atoms with Gasteiger partial charge < -0.3 is 15.1 Å². The summed E-state index contributed by atoms with van der Waals surface area (Å²) in [7, 11) is 3.17. The number of likely N-dealkylation sites (N-methyl/N-ethyl adjacent to an activating group) is 1. The summed E-state index contributed by atoms with van der Waals surface area (Å²) >= 11 is 0. The molecule has 1 heterocycles. The van der Waals surface area contributed by atoms with Gasteiger partial charge in [0.15, 0.2) is 0 Å². The first-order valence-corrected chi connectivity index (χ1v) is 8.43. The second-order valence-corrected chi connectivity index (χ2v) is 6.41. The van der Waals surface area contributed by atoms with Crippen molar-refractivity contribution in [1.29, 1.82) is 0 Å². The molecule has 0 spiro atoms. The zero-order valence-corrected chi connectivity index (χ0v) is 15.3. The van der Waals surface area contributed by atoms with Crippen LogP contribution < -0.4 is 10.2 Å². The maximum atomic E-state index is 12.9. The minimum atomic E-state index is -0.635. The molecule has 0 fully saturated rings. The Morgan fingerprint density at radius 2 is 1.96 bits per heavy atom. The number of para-hydroxylation sites is 1. The van der Waals surface area contributed by atoms with Crippen LogP contribution in [0.25, 0.3) is 0 Å². The summed E-state index contributed by atoms with van der Waals surface area (Å²) in [5, 5.41) is 13.9. The quantitative estimate of drug-likeness (QED) is 0.660. The topological polar surface area (TPSA) is 95.8 Å². The van der Waals surface area contributed by atoms with Crippen LogP contribution in [0.5, 0.6) is 0 Å². The second kappa shape index (κ2) is 7.06. The largest absolute Gasteiger partial charge is 0.358 e. The number of amides is 2. The van der Waals surface area contributed by atoms with Crippen molar-refractivity contribution in [2.75, 3.05) is 25.5 Å². The Hall–Kier alpha value is -3.42. The van der Waals surface area contributed by atoms with E-state index in [-0.39, 0.29) is 24.0 Å². The summed E-state index contributed by atoms with van der Waals surface area (Å²) in [5.41, 5.74) is 2.19. The van der Waals surface area contributed by atoms with Crippen molar-refractivity contribution < 1.29 is 14.5 Å². The molecule has 0 unspecified atom stereocenters. The van der Waals surface area contributed by atoms with E-state index in [2.05, 4.69) is 5.32 Å². The van der Waals surface area contributed by atoms with E-state index in [9.17, 15) is 19.7 Å². The number of nitro groups is 1. The summed E-state index contributed by atoms with van der Waals surface area (Å²) in [5.74, 6) is -0.425. The van der Waals surface area contributed by atoms with E-state index < -0.39 is 11.1 Å². The highest BCUT2D eigenvalue weighted by atomic mass is 16.6. The van der Waals surface area contributed by atoms with Crippen LogP contribution in [-0.4, -0.2) is 42.3 Å². The van der Waals surface area contributed by atoms with Gasteiger partial charge in [-0.15, -0.1) is 0 Å². The number of nitrogens with one attached hydrogen (secondary N) is 1. The Morgan fingerprint density at radius 3 is 2.63 bits per heavy atom. The molecular formula is C19H20N4O4. The van der Waals surface area contributed by atoms with Gasteiger partial charge in [0.2, 0.25) is 5.91 Å². The highest BCUT2D eigenvalue weighted by molar-refractivity contribution is 6.02. The number of hydrogen-bond acceptors (Lipinski definition) is 5. The zero-order chi connectivity index (χ0) is 19.7. The second-order valence-electron chi connectivity index (χ2n) is 6.41. The van der Waals surface area contributed by atoms with Crippen LogP contribution in [0.15, 0.2) is 42.5 Å². The predicted octanol–water partition coefficient (Wildman–Crippen LogP) is 2.24. The predicted molar refractivity (Wildman–Crippen MR) is 101 cm³/mol. The third-order valence-corrected chi connectivity index (χ3v) is 4.75. The van der Waals surface area contributed by atoms with Gasteiger partial charge in [-0.25, -0.2) is 0 Å². The minimum absolute atomic E-state index is 0.0114. The average Bonchev–Trinajstić information content (AvgIpc) is 2.66. The molecular weight excluding hydrogens is 348 g/mol. The number of carbonyl (C=O) groups is 2. The Bertz CT molecular complexity index is 928. The molecule has 2 aromatic carbocycles. The van der Waals surface area contributed by atoms with E-state index in [0.29, 0.717) is 22.4 Å². The maximum absolute atomic E-state index is 12.9. The van der Waals surface area contributed by atoms with Gasteiger partial charge in [0.25, 0.3) is 11.6 Å². The van der Waals surface area contributed by atoms with E-state index in [4.69, 9.17) is 0 Å². The van der Waals surface area contributed by atoms with Crippen molar-refractivity contribution in [1.82, 2.24) is 10.2 Å². The molecule has 8 nitrogen and oxygen atoms in total. The lowest BCUT2D eigenvalue weighted by Gasteiger charge is -2.43. The van der Waals surface area contributed by atoms with Gasteiger partial charge in [-0.2, -0.15) is 0 Å². The smallest absolute Gasteiger partial charge is 0.272 e. The Morgan fingerprint density at radius 1 is 1.26 bits per heavy atom. The summed E-state index contributed by atoms with van der Waals surface area (Å²) in [6, 6.07) is 11.9. The number of aryl methyl sites for hydroxylation is 1. The summed E-state index contributed by atoms with van der Waals surface area (Å²) in [4.78, 5) is 39.2. The first kappa shape index (κ1) is 18.4. The molecule has 140 valence electrons. The molecule has 8 heteroatoms. The third-order valence-electron chi connectivity index (χ3n) is 4.75. The van der Waals surface area contributed by atoms with Crippen LogP contribution in [0.1, 0.15) is 27.7 Å². The highest BCUT2D eigenvalue weighted by Crippen LogP contribution is 2.38. The molecule has 2 aromatic rings. The Balaban J connectivity index is 2.17. The Labute approximate surface area is 156 Å². The van der Waals surface area contributed by atoms with Crippen molar-refractivity contribution >= 4 is 23.2 Å². The lowest BCUT2D eigenvalue weighted by Crippen LogP contribution is -2.50. The van der Waals surface area contributed by atoms with Crippen LogP contribution in [0, 0.1) is 17.0 Å². The number of fused-ring (bicyclic) bond motifs is 1. The molecule has 1 atom stereocenters. The molecule has 0 aromatic heterocycles. The third kappa shape index (κ3) is 3.21. The fraction of sp³-hybridized carbons (Fsp3) is 0.263. The molecule has 1 aliphatic rings. The molecule has 1 N–H and O–H groups in total. The van der Waals surface area contributed by atoms with Gasteiger partial charge in [0.05, 0.1) is 22.7 Å². The van der Waals surface area contributed by atoms with Crippen LogP contribution in [0.2, 0.25) is 0 Å². The SMILES string of the molecule is CNC(=O)CN1c2ccccc2C(=O)N(C)[C@H]1c1ccc(C)c([N+](=O)[O-])c1. The number of benzene rings is 2. The molecule has 2 amide bonds. The number of nitrogens with zero attached hydrogens (tertiary/aromatic N) is 3. The minimum Gasteiger partial charge on any atom is -0.358 e. The summed E-state index contributed by atoms with van der Waals surface area (Å²) in [6.45, 7) is 1.67. The van der Waals surface area contributed by atoms with Crippen molar-refractivity contribution in [3.63, 3.8) is 0 Å². The van der Waals surface area contributed by atoms with E-state index in [1.165, 1.54) is 11.0 Å². The molecule has 0 saturated heterocycles. The monoisotopic (exact) mass is 368 g/mol. The lowest BCUT2D eigenvalue weighted by molar-refractivity contribution is -0.385. The summed E-state index contributed by atoms with van der Waals surface area (Å²) < 4.78 is 0. The van der Waals surface area contributed by atoms with E-state index in [1.54, 1.807) is 62.3 Å². The van der Waals surface area contributed by atoms with Crippen molar-refractivity contribution in [2.24, 2.45) is 0 Å². The van der Waals surface area contributed by atoms with Crippen molar-refractivity contribution in [3.8, 4) is 0 Å². The summed E-state index contributed by atoms with van der Waals surface area (Å²) in [6.07, 6.45) is -0.635. The van der Waals surface area contributed by atoms with Crippen LogP contribution in [0.3, 0.4) is 0 Å². The Kier molecular flexibility index (Phi) is 4.81. The fourth-order valence-electron chi connectivity index (χ4n) is 3.34. The van der Waals surface area contributed by atoms with Crippen molar-refractivity contribution in [3.05, 3.63) is 69.3 Å². The number of nitro benzene ring substituents is 1. The van der Waals surface area contributed by atoms with Gasteiger partial charge in [0.1, 0.15) is 6.17 Å². The lowest BCUT2D eigenvalue weighted by atomic mass is 10.00. The molecule has 3 rings (SSSR count). The van der Waals surface area contributed by atoms with Crippen LogP contribution in [0.4, 0.5) is 11.4 Å². The van der Waals surface area contributed by atoms with E-state index in [1.807, 2.05) is 0 Å². The van der Waals surface area contributed by atoms with Gasteiger partial charge in [-0.1, -0.05) is 24.3 Å². The molecule has 1 aliphatic heterocycles. The van der Waals surface area contributed by atoms with Crippen molar-refractivity contribution in [2.45, 2.75) is 13.1 Å². The highest BCUT2D eigenvalue weighted by Gasteiger charge is 2.37. The van der Waals surface area contributed by atoms with E-state index >= 15 is 0 Å². The molecule has 0 bridgehead atoms. The standard InChI is InChI=1S/C19H20N4O4/c1-12-8-9-13(10-16(12)23(26)27)18-21(3)19(25)14-6-4-5-7-15(14)22(18)11-17(24)20-2/h4-10,18H,11H2,1-3H3,(H,20,24)/t18-/m1/s1. The fourth-order valence-corrected chi connectivity index (χ4v) is 3.34. The number of hydrogen-bond donors (Lipinski definition) is 1. The first-order valence-electron chi connectivity index (χ1n) is 8.43. The number of carbonyl (C=O) groups excluding carboxylic acids is 2. The number of rotatable bonds is 4. The first-order chi connectivity index (χ1) is 12.8. The van der Waals surface area contributed by atoms with Gasteiger partial charge >= 0.3 is 0 Å². The van der Waals surface area contributed by atoms with E-state index in [0.717, 1.165) is 0 Å². The molecule has 0 radical (unpaired) electrons. The average molecular weight is 368 g/mol. The molecule has 0 saturated carbocycles. The van der Waals surface area contributed by atoms with Crippen LogP contribution in [-0.2, 0) is 4.79 Å². The number of anilines is 1. The molecule has 0 aliphatic carbocycles. The zero-order valence-electron chi connectivity index (χ0n) is 15.3. The van der Waals surface area contributed by atoms with Gasteiger partial charge in [-0.05, 0) is 19.1 Å². The normalized spacial score (nSPS) is 16.1. The van der Waals surface area contributed by atoms with Crippen LogP contribution >= 0.6 is 0 Å². The molecule has 27 heavy (non-hydrogen) atoms. The van der Waals surface area contributed by atoms with Gasteiger partial charge in [0, 0.05) is 31.3 Å². The van der Waals surface area contributed by atoms with Gasteiger partial charge in [-0.3, -0.25) is 19.7 Å². The maximum Gasteiger partial charge on any atom is 0.272 e.